The van der Waals surface area contributed by atoms with E-state index in [0.717, 1.165) is 0 Å². The van der Waals surface area contributed by atoms with Crippen LogP contribution in [0.4, 0.5) is 0 Å². The van der Waals surface area contributed by atoms with Crippen molar-refractivity contribution in [1.82, 2.24) is 20.3 Å². The third-order valence-corrected chi connectivity index (χ3v) is 6.53. The number of carbonyl (C=O) groups excluding carboxylic acids is 3. The Bertz CT molecular complexity index is 933. The molecule has 0 saturated heterocycles. The largest absolute Gasteiger partial charge is 0.345 e. The number of benzene rings is 1. The van der Waals surface area contributed by atoms with Crippen LogP contribution < -0.4 is 16.0 Å². The molecule has 10 heteroatoms. The lowest BCUT2D eigenvalue weighted by Crippen LogP contribution is -2.51. The molecular weight excluding hydrogens is 420 g/mol. The lowest BCUT2D eigenvalue weighted by molar-refractivity contribution is -0.127. The zero-order chi connectivity index (χ0) is 23.6. The number of hydrogen-bond acceptors (Lipinski definition) is 5. The molecule has 3 amide bonds. The fourth-order valence-electron chi connectivity index (χ4n) is 2.76. The van der Waals surface area contributed by atoms with Crippen molar-refractivity contribution in [2.24, 2.45) is 5.92 Å². The van der Waals surface area contributed by atoms with E-state index in [9.17, 15) is 22.8 Å². The van der Waals surface area contributed by atoms with Crippen molar-refractivity contribution in [1.29, 1.82) is 0 Å². The Morgan fingerprint density at radius 3 is 2.32 bits per heavy atom. The predicted octanol–water partition coefficient (Wildman–Crippen LogP) is 0.337. The molecule has 1 aromatic carbocycles. The van der Waals surface area contributed by atoms with Crippen molar-refractivity contribution in [3.8, 4) is 12.3 Å². The molecule has 0 bridgehead atoms. The van der Waals surface area contributed by atoms with Gasteiger partial charge < -0.3 is 16.0 Å². The van der Waals surface area contributed by atoms with E-state index < -0.39 is 33.8 Å². The van der Waals surface area contributed by atoms with Crippen LogP contribution >= 0.6 is 0 Å². The zero-order valence-corrected chi connectivity index (χ0v) is 19.1. The van der Waals surface area contributed by atoms with Crippen LogP contribution in [0, 0.1) is 18.3 Å². The standard InChI is InChI=1S/C21H30N4O5S/c1-6-12-22-18(26)14-23-21(28)19(15(4)5)24-20(27)16-10-9-11-17(13-16)31(29,30)25(7-2)8-3/h1,9-11,13,15,19H,7-8,12,14H2,2-5H3,(H,22,26)(H,23,28)(H,24,27). The smallest absolute Gasteiger partial charge is 0.251 e. The van der Waals surface area contributed by atoms with Gasteiger partial charge in [-0.25, -0.2) is 8.42 Å². The van der Waals surface area contributed by atoms with E-state index in [-0.39, 0.29) is 29.5 Å². The number of rotatable bonds is 11. The number of sulfonamides is 1. The Labute approximate surface area is 184 Å². The fraction of sp³-hybridized carbons (Fsp3) is 0.476. The number of hydrogen-bond donors (Lipinski definition) is 3. The van der Waals surface area contributed by atoms with Crippen molar-refractivity contribution in [2.45, 2.75) is 38.6 Å². The normalized spacial score (nSPS) is 12.2. The molecule has 1 atom stereocenters. The summed E-state index contributed by atoms with van der Waals surface area (Å²) in [6.45, 7) is 7.32. The van der Waals surface area contributed by atoms with Gasteiger partial charge in [-0.2, -0.15) is 4.31 Å². The number of terminal acetylenes is 1. The monoisotopic (exact) mass is 450 g/mol. The highest BCUT2D eigenvalue weighted by atomic mass is 32.2. The Kier molecular flexibility index (Phi) is 10.2. The summed E-state index contributed by atoms with van der Waals surface area (Å²) in [7, 11) is -3.73. The summed E-state index contributed by atoms with van der Waals surface area (Å²) < 4.78 is 26.7. The van der Waals surface area contributed by atoms with Crippen molar-refractivity contribution >= 4 is 27.7 Å². The summed E-state index contributed by atoms with van der Waals surface area (Å²) in [5.74, 6) is 0.395. The highest BCUT2D eigenvalue weighted by Crippen LogP contribution is 2.17. The second kappa shape index (κ2) is 12.1. The van der Waals surface area contributed by atoms with E-state index in [1.165, 1.54) is 28.6 Å². The molecule has 0 aliphatic carbocycles. The Hall–Kier alpha value is -2.90. The van der Waals surface area contributed by atoms with Gasteiger partial charge in [0.25, 0.3) is 5.91 Å². The zero-order valence-electron chi connectivity index (χ0n) is 18.3. The molecule has 3 N–H and O–H groups in total. The van der Waals surface area contributed by atoms with Crippen LogP contribution in [0.25, 0.3) is 0 Å². The van der Waals surface area contributed by atoms with Gasteiger partial charge in [0, 0.05) is 18.7 Å². The second-order valence-corrected chi connectivity index (χ2v) is 8.95. The van der Waals surface area contributed by atoms with Crippen molar-refractivity contribution < 1.29 is 22.8 Å². The summed E-state index contributed by atoms with van der Waals surface area (Å²) in [5, 5.41) is 7.49. The fourth-order valence-corrected chi connectivity index (χ4v) is 4.26. The summed E-state index contributed by atoms with van der Waals surface area (Å²) in [6.07, 6.45) is 5.06. The molecule has 9 nitrogen and oxygen atoms in total. The molecule has 0 spiro atoms. The van der Waals surface area contributed by atoms with Crippen LogP contribution in [0.1, 0.15) is 38.1 Å². The minimum atomic E-state index is -3.73. The minimum absolute atomic E-state index is 0.000386. The molecular formula is C21H30N4O5S. The third-order valence-electron chi connectivity index (χ3n) is 4.49. The van der Waals surface area contributed by atoms with Gasteiger partial charge in [0.15, 0.2) is 0 Å². The Morgan fingerprint density at radius 1 is 1.13 bits per heavy atom. The number of nitrogens with one attached hydrogen (secondary N) is 3. The van der Waals surface area contributed by atoms with E-state index in [0.29, 0.717) is 13.1 Å². The molecule has 0 aliphatic heterocycles. The number of nitrogens with zero attached hydrogens (tertiary/aromatic N) is 1. The predicted molar refractivity (Wildman–Crippen MR) is 117 cm³/mol. The van der Waals surface area contributed by atoms with Crippen LogP contribution in [0.3, 0.4) is 0 Å². The molecule has 0 saturated carbocycles. The molecule has 170 valence electrons. The van der Waals surface area contributed by atoms with E-state index in [2.05, 4.69) is 21.9 Å². The van der Waals surface area contributed by atoms with E-state index in [1.807, 2.05) is 0 Å². The maximum absolute atomic E-state index is 12.7. The molecule has 1 rings (SSSR count). The Balaban J connectivity index is 2.95. The van der Waals surface area contributed by atoms with Crippen LogP contribution in [0.2, 0.25) is 0 Å². The summed E-state index contributed by atoms with van der Waals surface area (Å²) >= 11 is 0. The first-order valence-electron chi connectivity index (χ1n) is 9.97. The van der Waals surface area contributed by atoms with Gasteiger partial charge in [0.2, 0.25) is 21.8 Å². The summed E-state index contributed by atoms with van der Waals surface area (Å²) in [6, 6.07) is 4.73. The molecule has 0 aromatic heterocycles. The van der Waals surface area contributed by atoms with Gasteiger partial charge in [0.05, 0.1) is 18.0 Å². The van der Waals surface area contributed by atoms with Crippen molar-refractivity contribution in [2.75, 3.05) is 26.2 Å². The molecule has 31 heavy (non-hydrogen) atoms. The lowest BCUT2D eigenvalue weighted by Gasteiger charge is -2.22. The van der Waals surface area contributed by atoms with Crippen LogP contribution in [0.15, 0.2) is 29.2 Å². The maximum Gasteiger partial charge on any atom is 0.251 e. The van der Waals surface area contributed by atoms with Gasteiger partial charge in [-0.05, 0) is 24.1 Å². The average Bonchev–Trinajstić information content (AvgIpc) is 2.74. The quantitative estimate of drug-likeness (QED) is 0.419. The molecule has 0 radical (unpaired) electrons. The highest BCUT2D eigenvalue weighted by Gasteiger charge is 2.26. The van der Waals surface area contributed by atoms with E-state index >= 15 is 0 Å². The number of carbonyl (C=O) groups is 3. The highest BCUT2D eigenvalue weighted by molar-refractivity contribution is 7.89. The summed E-state index contributed by atoms with van der Waals surface area (Å²) in [5.41, 5.74) is 0.110. The van der Waals surface area contributed by atoms with Gasteiger partial charge in [-0.3, -0.25) is 14.4 Å². The molecule has 0 aliphatic rings. The van der Waals surface area contributed by atoms with Crippen molar-refractivity contribution in [3.05, 3.63) is 29.8 Å². The Morgan fingerprint density at radius 2 is 1.77 bits per heavy atom. The van der Waals surface area contributed by atoms with Gasteiger partial charge in [0.1, 0.15) is 6.04 Å². The van der Waals surface area contributed by atoms with E-state index in [4.69, 9.17) is 6.42 Å². The second-order valence-electron chi connectivity index (χ2n) is 7.01. The van der Waals surface area contributed by atoms with Crippen molar-refractivity contribution in [3.63, 3.8) is 0 Å². The van der Waals surface area contributed by atoms with Crippen LogP contribution in [-0.4, -0.2) is 62.7 Å². The summed E-state index contributed by atoms with van der Waals surface area (Å²) in [4.78, 5) is 36.8. The van der Waals surface area contributed by atoms with Crippen LogP contribution in [-0.2, 0) is 19.6 Å². The first kappa shape index (κ1) is 26.1. The first-order chi connectivity index (χ1) is 14.6. The van der Waals surface area contributed by atoms with Gasteiger partial charge >= 0.3 is 0 Å². The third kappa shape index (κ3) is 7.38. The van der Waals surface area contributed by atoms with E-state index in [1.54, 1.807) is 27.7 Å². The maximum atomic E-state index is 12.7. The molecule has 0 fully saturated rings. The van der Waals surface area contributed by atoms with Gasteiger partial charge in [-0.1, -0.05) is 39.7 Å². The number of amides is 3. The minimum Gasteiger partial charge on any atom is -0.345 e. The lowest BCUT2D eigenvalue weighted by atomic mass is 10.0. The molecule has 1 unspecified atom stereocenters. The average molecular weight is 451 g/mol. The van der Waals surface area contributed by atoms with Gasteiger partial charge in [-0.15, -0.1) is 6.42 Å². The SMILES string of the molecule is C#CCNC(=O)CNC(=O)C(NC(=O)c1cccc(S(=O)(=O)N(CC)CC)c1)C(C)C. The topological polar surface area (TPSA) is 125 Å². The molecule has 0 heterocycles. The van der Waals surface area contributed by atoms with Crippen LogP contribution in [0.5, 0.6) is 0 Å². The molecule has 1 aromatic rings. The first-order valence-corrected chi connectivity index (χ1v) is 11.4.